The first kappa shape index (κ1) is 13.6. The van der Waals surface area contributed by atoms with Gasteiger partial charge in [-0.15, -0.1) is 0 Å². The van der Waals surface area contributed by atoms with Gasteiger partial charge < -0.3 is 5.11 Å². The molecule has 1 aliphatic heterocycles. The van der Waals surface area contributed by atoms with E-state index >= 15 is 0 Å². The summed E-state index contributed by atoms with van der Waals surface area (Å²) in [6, 6.07) is 8.80. The predicted molar refractivity (Wildman–Crippen MR) is 75.4 cm³/mol. The van der Waals surface area contributed by atoms with Crippen molar-refractivity contribution in [3.63, 3.8) is 0 Å². The third-order valence-corrected chi connectivity index (χ3v) is 3.91. The molecule has 2 unspecified atom stereocenters. The molecule has 2 heteroatoms. The molecule has 2 nitrogen and oxygen atoms in total. The van der Waals surface area contributed by atoms with Crippen LogP contribution >= 0.6 is 0 Å². The van der Waals surface area contributed by atoms with Gasteiger partial charge in [0.25, 0.3) is 0 Å². The van der Waals surface area contributed by atoms with E-state index in [1.54, 1.807) is 0 Å². The normalized spacial score (nSPS) is 22.3. The van der Waals surface area contributed by atoms with Crippen LogP contribution in [0.2, 0.25) is 0 Å². The minimum Gasteiger partial charge on any atom is -0.396 e. The van der Waals surface area contributed by atoms with Crippen LogP contribution < -0.4 is 0 Å². The summed E-state index contributed by atoms with van der Waals surface area (Å²) in [6.45, 7) is 8.09. The smallest absolute Gasteiger partial charge is 0.0456 e. The Morgan fingerprint density at radius 1 is 1.44 bits per heavy atom. The molecule has 2 rings (SSSR count). The molecule has 0 aliphatic carbocycles. The minimum atomic E-state index is 0.328. The Morgan fingerprint density at radius 3 is 3.00 bits per heavy atom. The van der Waals surface area contributed by atoms with Gasteiger partial charge in [0.05, 0.1) is 0 Å². The monoisotopic (exact) mass is 247 g/mol. The third kappa shape index (κ3) is 3.82. The fraction of sp³-hybridized carbons (Fsp3) is 0.625. The van der Waals surface area contributed by atoms with Gasteiger partial charge in [-0.05, 0) is 43.7 Å². The summed E-state index contributed by atoms with van der Waals surface area (Å²) in [7, 11) is 0. The lowest BCUT2D eigenvalue weighted by atomic mass is 9.96. The summed E-state index contributed by atoms with van der Waals surface area (Å²) < 4.78 is 0. The molecule has 1 aliphatic rings. The zero-order valence-corrected chi connectivity index (χ0v) is 11.6. The Bertz CT molecular complexity index is 377. The molecule has 1 aromatic rings. The number of likely N-dealkylation sites (tertiary alicyclic amines) is 1. The molecule has 1 fully saturated rings. The second-order valence-corrected chi connectivity index (χ2v) is 5.90. The second-order valence-electron chi connectivity index (χ2n) is 5.90. The van der Waals surface area contributed by atoms with E-state index in [0.29, 0.717) is 12.5 Å². The summed E-state index contributed by atoms with van der Waals surface area (Å²) >= 11 is 0. The van der Waals surface area contributed by atoms with Crippen LogP contribution in [-0.4, -0.2) is 29.7 Å². The number of aryl methyl sites for hydroxylation is 1. The maximum Gasteiger partial charge on any atom is 0.0456 e. The second kappa shape index (κ2) is 6.35. The Hall–Kier alpha value is -0.860. The maximum absolute atomic E-state index is 9.11. The van der Waals surface area contributed by atoms with Gasteiger partial charge >= 0.3 is 0 Å². The molecule has 1 heterocycles. The van der Waals surface area contributed by atoms with Gasteiger partial charge in [0.1, 0.15) is 0 Å². The first-order valence-corrected chi connectivity index (χ1v) is 7.06. The highest BCUT2D eigenvalue weighted by molar-refractivity contribution is 5.22. The highest BCUT2D eigenvalue weighted by Crippen LogP contribution is 2.24. The lowest BCUT2D eigenvalue weighted by molar-refractivity contribution is 0.210. The molecule has 2 atom stereocenters. The minimum absolute atomic E-state index is 0.328. The first-order chi connectivity index (χ1) is 8.67. The van der Waals surface area contributed by atoms with Crippen molar-refractivity contribution >= 4 is 0 Å². The summed E-state index contributed by atoms with van der Waals surface area (Å²) in [5, 5.41) is 9.11. The number of aliphatic hydroxyl groups is 1. The van der Waals surface area contributed by atoms with E-state index in [9.17, 15) is 0 Å². The number of hydrogen-bond acceptors (Lipinski definition) is 2. The van der Waals surface area contributed by atoms with Crippen LogP contribution in [0.1, 0.15) is 30.9 Å². The maximum atomic E-state index is 9.11. The molecule has 0 radical (unpaired) electrons. The topological polar surface area (TPSA) is 23.5 Å². The molecule has 0 saturated carbocycles. The zero-order valence-electron chi connectivity index (χ0n) is 11.6. The van der Waals surface area contributed by atoms with E-state index in [1.165, 1.54) is 37.1 Å². The van der Waals surface area contributed by atoms with E-state index in [2.05, 4.69) is 43.0 Å². The molecule has 1 saturated heterocycles. The van der Waals surface area contributed by atoms with Crippen LogP contribution in [0.5, 0.6) is 0 Å². The van der Waals surface area contributed by atoms with Crippen LogP contribution in [0.3, 0.4) is 0 Å². The van der Waals surface area contributed by atoms with Crippen molar-refractivity contribution in [2.45, 2.75) is 33.2 Å². The van der Waals surface area contributed by atoms with Crippen molar-refractivity contribution in [3.05, 3.63) is 35.4 Å². The largest absolute Gasteiger partial charge is 0.396 e. The quantitative estimate of drug-likeness (QED) is 0.865. The van der Waals surface area contributed by atoms with Gasteiger partial charge in [-0.1, -0.05) is 36.8 Å². The zero-order chi connectivity index (χ0) is 13.0. The number of rotatable bonds is 5. The molecular formula is C16H25NO. The van der Waals surface area contributed by atoms with Crippen molar-refractivity contribution in [3.8, 4) is 0 Å². The molecule has 0 aromatic heterocycles. The summed E-state index contributed by atoms with van der Waals surface area (Å²) in [4.78, 5) is 2.55. The number of nitrogens with zero attached hydrogens (tertiary/aromatic N) is 1. The van der Waals surface area contributed by atoms with Crippen molar-refractivity contribution in [2.24, 2.45) is 11.8 Å². The third-order valence-electron chi connectivity index (χ3n) is 3.91. The van der Waals surface area contributed by atoms with Crippen LogP contribution in [0.4, 0.5) is 0 Å². The molecule has 18 heavy (non-hydrogen) atoms. The Morgan fingerprint density at radius 2 is 2.28 bits per heavy atom. The lowest BCUT2D eigenvalue weighted by Crippen LogP contribution is -2.21. The summed E-state index contributed by atoms with van der Waals surface area (Å²) in [5.41, 5.74) is 2.77. The van der Waals surface area contributed by atoms with E-state index in [1.807, 2.05) is 0 Å². The first-order valence-electron chi connectivity index (χ1n) is 7.06. The summed E-state index contributed by atoms with van der Waals surface area (Å²) in [6.07, 6.45) is 2.46. The number of aliphatic hydroxyl groups excluding tert-OH is 1. The van der Waals surface area contributed by atoms with Gasteiger partial charge in [-0.25, -0.2) is 0 Å². The van der Waals surface area contributed by atoms with Crippen LogP contribution in [0, 0.1) is 18.8 Å². The molecule has 0 bridgehead atoms. The molecule has 0 spiro atoms. The number of benzene rings is 1. The number of hydrogen-bond donors (Lipinski definition) is 1. The van der Waals surface area contributed by atoms with Gasteiger partial charge in [0, 0.05) is 19.7 Å². The van der Waals surface area contributed by atoms with E-state index in [-0.39, 0.29) is 0 Å². The van der Waals surface area contributed by atoms with Crippen molar-refractivity contribution in [1.82, 2.24) is 4.90 Å². The fourth-order valence-corrected chi connectivity index (χ4v) is 2.96. The van der Waals surface area contributed by atoms with Crippen molar-refractivity contribution in [1.29, 1.82) is 0 Å². The predicted octanol–water partition coefficient (Wildman–Crippen LogP) is 2.84. The highest BCUT2D eigenvalue weighted by Gasteiger charge is 2.23. The van der Waals surface area contributed by atoms with Crippen LogP contribution in [-0.2, 0) is 6.54 Å². The molecule has 1 aromatic carbocycles. The molecular weight excluding hydrogens is 222 g/mol. The standard InChI is InChI=1S/C16H25NO/c1-13-4-3-5-15(8-13)10-17-7-6-16(11-17)9-14(2)12-18/h3-5,8,14,16,18H,6-7,9-12H2,1-2H3. The summed E-state index contributed by atoms with van der Waals surface area (Å²) in [5.74, 6) is 1.23. The fourth-order valence-electron chi connectivity index (χ4n) is 2.96. The van der Waals surface area contributed by atoms with Crippen LogP contribution in [0.15, 0.2) is 24.3 Å². The van der Waals surface area contributed by atoms with E-state index in [4.69, 9.17) is 5.11 Å². The average Bonchev–Trinajstić information content (AvgIpc) is 2.76. The van der Waals surface area contributed by atoms with Crippen molar-refractivity contribution in [2.75, 3.05) is 19.7 Å². The van der Waals surface area contributed by atoms with Gasteiger partial charge in [-0.3, -0.25) is 4.90 Å². The molecule has 100 valence electrons. The van der Waals surface area contributed by atoms with Gasteiger partial charge in [0.15, 0.2) is 0 Å². The van der Waals surface area contributed by atoms with E-state index in [0.717, 1.165) is 12.5 Å². The van der Waals surface area contributed by atoms with Gasteiger partial charge in [0.2, 0.25) is 0 Å². The highest BCUT2D eigenvalue weighted by atomic mass is 16.3. The average molecular weight is 247 g/mol. The lowest BCUT2D eigenvalue weighted by Gasteiger charge is -2.17. The van der Waals surface area contributed by atoms with Crippen molar-refractivity contribution < 1.29 is 5.11 Å². The Labute approximate surface area is 111 Å². The SMILES string of the molecule is Cc1cccc(CN2CCC(CC(C)CO)C2)c1. The Kier molecular flexibility index (Phi) is 4.79. The van der Waals surface area contributed by atoms with Gasteiger partial charge in [-0.2, -0.15) is 0 Å². The molecule has 1 N–H and O–H groups in total. The Balaban J connectivity index is 1.82. The molecule has 0 amide bonds. The van der Waals surface area contributed by atoms with E-state index < -0.39 is 0 Å². The van der Waals surface area contributed by atoms with Crippen LogP contribution in [0.25, 0.3) is 0 Å².